The molecule has 27 heavy (non-hydrogen) atoms. The van der Waals surface area contributed by atoms with Gasteiger partial charge in [-0.3, -0.25) is 0 Å². The minimum absolute atomic E-state index is 0.133. The monoisotopic (exact) mass is 385 g/mol. The van der Waals surface area contributed by atoms with Crippen LogP contribution in [0.25, 0.3) is 6.08 Å². The van der Waals surface area contributed by atoms with E-state index < -0.39 is 5.60 Å². The van der Waals surface area contributed by atoms with Crippen LogP contribution in [0.2, 0.25) is 5.02 Å². The number of hydrogen-bond donors (Lipinski definition) is 1. The van der Waals surface area contributed by atoms with E-state index in [1.807, 2.05) is 48.5 Å². The van der Waals surface area contributed by atoms with Crippen LogP contribution in [0, 0.1) is 5.92 Å². The summed E-state index contributed by atoms with van der Waals surface area (Å²) in [5, 5.41) is 12.7. The van der Waals surface area contributed by atoms with E-state index in [0.717, 1.165) is 53.3 Å². The van der Waals surface area contributed by atoms with Crippen molar-refractivity contribution in [2.75, 3.05) is 27.7 Å². The molecule has 2 aromatic rings. The van der Waals surface area contributed by atoms with Crippen molar-refractivity contribution in [1.29, 1.82) is 0 Å². The lowest BCUT2D eigenvalue weighted by Crippen LogP contribution is -2.44. The van der Waals surface area contributed by atoms with Crippen molar-refractivity contribution in [2.24, 2.45) is 5.92 Å². The first-order valence-electron chi connectivity index (χ1n) is 9.41. The predicted molar refractivity (Wildman–Crippen MR) is 112 cm³/mol. The molecule has 0 spiro atoms. The van der Waals surface area contributed by atoms with Crippen LogP contribution in [0.4, 0.5) is 0 Å². The second-order valence-corrected chi connectivity index (χ2v) is 8.00. The second kappa shape index (κ2) is 8.47. The Labute approximate surface area is 167 Å². The van der Waals surface area contributed by atoms with Crippen LogP contribution in [-0.2, 0) is 5.60 Å². The summed E-state index contributed by atoms with van der Waals surface area (Å²) in [5.74, 6) is 0.929. The van der Waals surface area contributed by atoms with E-state index in [0.29, 0.717) is 0 Å². The Balaban J connectivity index is 2.06. The van der Waals surface area contributed by atoms with Gasteiger partial charge in [0.15, 0.2) is 0 Å². The molecule has 0 aliphatic heterocycles. The Kier molecular flexibility index (Phi) is 6.25. The molecule has 0 amide bonds. The average molecular weight is 386 g/mol. The molecule has 1 N–H and O–H groups in total. The van der Waals surface area contributed by atoms with Gasteiger partial charge < -0.3 is 14.7 Å². The third-order valence-electron chi connectivity index (χ3n) is 5.41. The lowest BCUT2D eigenvalue weighted by molar-refractivity contribution is -0.0174. The van der Waals surface area contributed by atoms with Gasteiger partial charge in [0.05, 0.1) is 7.11 Å². The van der Waals surface area contributed by atoms with Gasteiger partial charge >= 0.3 is 0 Å². The largest absolute Gasteiger partial charge is 0.497 e. The molecule has 1 aliphatic carbocycles. The zero-order valence-electron chi connectivity index (χ0n) is 16.3. The van der Waals surface area contributed by atoms with Crippen molar-refractivity contribution in [2.45, 2.75) is 24.9 Å². The van der Waals surface area contributed by atoms with E-state index in [2.05, 4.69) is 25.1 Å². The summed E-state index contributed by atoms with van der Waals surface area (Å²) in [6.07, 6.45) is 5.09. The summed E-state index contributed by atoms with van der Waals surface area (Å²) in [4.78, 5) is 2.16. The van der Waals surface area contributed by atoms with E-state index in [-0.39, 0.29) is 5.92 Å². The van der Waals surface area contributed by atoms with E-state index >= 15 is 0 Å². The molecule has 0 bridgehead atoms. The quantitative estimate of drug-likeness (QED) is 0.787. The zero-order chi connectivity index (χ0) is 19.4. The van der Waals surface area contributed by atoms with Crippen molar-refractivity contribution in [3.8, 4) is 5.75 Å². The van der Waals surface area contributed by atoms with Gasteiger partial charge in [-0.05, 0) is 74.3 Å². The summed E-state index contributed by atoms with van der Waals surface area (Å²) in [6.45, 7) is 0.834. The molecule has 0 saturated heterocycles. The van der Waals surface area contributed by atoms with E-state index in [9.17, 15) is 5.11 Å². The topological polar surface area (TPSA) is 32.7 Å². The first-order valence-corrected chi connectivity index (χ1v) is 9.79. The fourth-order valence-electron chi connectivity index (χ4n) is 4.07. The first kappa shape index (κ1) is 19.9. The van der Waals surface area contributed by atoms with Crippen molar-refractivity contribution < 1.29 is 9.84 Å². The molecule has 1 aliphatic rings. The molecule has 3 rings (SSSR count). The van der Waals surface area contributed by atoms with Gasteiger partial charge in [0.1, 0.15) is 11.4 Å². The van der Waals surface area contributed by atoms with Gasteiger partial charge in [0.25, 0.3) is 0 Å². The van der Waals surface area contributed by atoms with E-state index in [1.54, 1.807) is 7.11 Å². The number of methoxy groups -OCH3 is 1. The highest BCUT2D eigenvalue weighted by molar-refractivity contribution is 6.30. The highest BCUT2D eigenvalue weighted by Crippen LogP contribution is 2.46. The van der Waals surface area contributed by atoms with E-state index in [1.165, 1.54) is 0 Å². The van der Waals surface area contributed by atoms with Crippen LogP contribution in [0.3, 0.4) is 0 Å². The molecule has 1 saturated carbocycles. The molecule has 4 heteroatoms. The van der Waals surface area contributed by atoms with Gasteiger partial charge in [0, 0.05) is 17.5 Å². The number of rotatable bonds is 5. The molecule has 2 atom stereocenters. The van der Waals surface area contributed by atoms with Crippen LogP contribution < -0.4 is 4.74 Å². The summed E-state index contributed by atoms with van der Waals surface area (Å²) in [7, 11) is 5.78. The van der Waals surface area contributed by atoms with Gasteiger partial charge in [0.2, 0.25) is 0 Å². The number of halogens is 1. The number of hydrogen-bond acceptors (Lipinski definition) is 3. The Hall–Kier alpha value is -1.81. The number of aliphatic hydroxyl groups is 1. The second-order valence-electron chi connectivity index (χ2n) is 7.57. The van der Waals surface area contributed by atoms with Crippen LogP contribution >= 0.6 is 11.6 Å². The van der Waals surface area contributed by atoms with Crippen LogP contribution in [0.15, 0.2) is 54.1 Å². The first-order chi connectivity index (χ1) is 12.9. The SMILES string of the molecule is COc1ccc(C2(O)C(=Cc3ccc(Cl)cc3)CCCC2CN(C)C)cc1. The molecule has 0 aromatic heterocycles. The average Bonchev–Trinajstić information content (AvgIpc) is 2.66. The molecular formula is C23H28ClNO2. The maximum atomic E-state index is 12.0. The fraction of sp³-hybridized carbons (Fsp3) is 0.391. The normalized spacial score (nSPS) is 24.4. The molecule has 2 aromatic carbocycles. The van der Waals surface area contributed by atoms with Gasteiger partial charge in [-0.25, -0.2) is 0 Å². The third kappa shape index (κ3) is 4.37. The lowest BCUT2D eigenvalue weighted by atomic mass is 9.67. The Bertz CT molecular complexity index is 783. The molecule has 0 heterocycles. The van der Waals surface area contributed by atoms with Crippen molar-refractivity contribution in [3.05, 3.63) is 70.3 Å². The van der Waals surface area contributed by atoms with Crippen LogP contribution in [-0.4, -0.2) is 37.8 Å². The number of benzene rings is 2. The van der Waals surface area contributed by atoms with E-state index in [4.69, 9.17) is 16.3 Å². The van der Waals surface area contributed by atoms with Crippen LogP contribution in [0.1, 0.15) is 30.4 Å². The predicted octanol–water partition coefficient (Wildman–Crippen LogP) is 4.98. The highest BCUT2D eigenvalue weighted by Gasteiger charge is 2.44. The van der Waals surface area contributed by atoms with Gasteiger partial charge in [-0.15, -0.1) is 0 Å². The Morgan fingerprint density at radius 3 is 2.41 bits per heavy atom. The van der Waals surface area contributed by atoms with Crippen LogP contribution in [0.5, 0.6) is 5.75 Å². The summed E-state index contributed by atoms with van der Waals surface area (Å²) < 4.78 is 5.30. The minimum Gasteiger partial charge on any atom is -0.497 e. The standard InChI is InChI=1S/C23H28ClNO2/c1-25(2)16-20-6-4-5-19(15-17-7-11-21(24)12-8-17)23(20,26)18-9-13-22(27-3)14-10-18/h7-15,20,26H,4-6,16H2,1-3H3. The molecule has 1 fully saturated rings. The van der Waals surface area contributed by atoms with Crippen molar-refractivity contribution in [1.82, 2.24) is 4.90 Å². The smallest absolute Gasteiger partial charge is 0.118 e. The van der Waals surface area contributed by atoms with Gasteiger partial charge in [-0.1, -0.05) is 41.9 Å². The molecule has 3 nitrogen and oxygen atoms in total. The third-order valence-corrected chi connectivity index (χ3v) is 5.66. The zero-order valence-corrected chi connectivity index (χ0v) is 17.0. The molecule has 144 valence electrons. The number of ether oxygens (including phenoxy) is 1. The maximum absolute atomic E-state index is 12.0. The number of nitrogens with zero attached hydrogens (tertiary/aromatic N) is 1. The van der Waals surface area contributed by atoms with Crippen molar-refractivity contribution in [3.63, 3.8) is 0 Å². The molecule has 2 unspecified atom stereocenters. The van der Waals surface area contributed by atoms with Crippen molar-refractivity contribution >= 4 is 17.7 Å². The summed E-state index contributed by atoms with van der Waals surface area (Å²) in [5.41, 5.74) is 2.06. The maximum Gasteiger partial charge on any atom is 0.118 e. The fourth-order valence-corrected chi connectivity index (χ4v) is 4.20. The Morgan fingerprint density at radius 2 is 1.81 bits per heavy atom. The lowest BCUT2D eigenvalue weighted by Gasteiger charge is -2.44. The van der Waals surface area contributed by atoms with Gasteiger partial charge in [-0.2, -0.15) is 0 Å². The summed E-state index contributed by atoms with van der Waals surface area (Å²) in [6, 6.07) is 15.6. The Morgan fingerprint density at radius 1 is 1.15 bits per heavy atom. The molecular weight excluding hydrogens is 358 g/mol. The summed E-state index contributed by atoms with van der Waals surface area (Å²) >= 11 is 6.03. The molecule has 0 radical (unpaired) electrons. The highest BCUT2D eigenvalue weighted by atomic mass is 35.5. The minimum atomic E-state index is -0.992.